The van der Waals surface area contributed by atoms with Crippen LogP contribution in [-0.4, -0.2) is 26.1 Å². The van der Waals surface area contributed by atoms with Crippen LogP contribution in [0.4, 0.5) is 10.1 Å². The number of anilines is 1. The molecule has 0 spiro atoms. The Balaban J connectivity index is 1.87. The summed E-state index contributed by atoms with van der Waals surface area (Å²) >= 11 is 0. The van der Waals surface area contributed by atoms with Crippen LogP contribution in [0.25, 0.3) is 5.69 Å². The largest absolute Gasteiger partial charge is 0.322 e. The molecule has 0 fully saturated rings. The zero-order valence-electron chi connectivity index (χ0n) is 11.7. The molecular weight excluding hydrogens is 285 g/mol. The summed E-state index contributed by atoms with van der Waals surface area (Å²) in [6.07, 6.45) is 1.47. The highest BCUT2D eigenvalue weighted by molar-refractivity contribution is 6.04. The number of nitrogens with one attached hydrogen (secondary N) is 1. The molecule has 1 aromatic heterocycles. The van der Waals surface area contributed by atoms with E-state index in [2.05, 4.69) is 20.8 Å². The molecule has 0 aliphatic heterocycles. The maximum atomic E-state index is 13.2. The van der Waals surface area contributed by atoms with Gasteiger partial charge < -0.3 is 5.32 Å². The van der Waals surface area contributed by atoms with E-state index in [1.54, 1.807) is 18.2 Å². The Kier molecular flexibility index (Phi) is 3.61. The van der Waals surface area contributed by atoms with Crippen LogP contribution in [0.3, 0.4) is 0 Å². The Labute approximate surface area is 125 Å². The van der Waals surface area contributed by atoms with E-state index in [0.717, 1.165) is 11.3 Å². The predicted molar refractivity (Wildman–Crippen MR) is 78.2 cm³/mol. The summed E-state index contributed by atoms with van der Waals surface area (Å²) in [5.74, 6) is -0.836. The highest BCUT2D eigenvalue weighted by Crippen LogP contribution is 2.19. The van der Waals surface area contributed by atoms with Gasteiger partial charge in [-0.05, 0) is 53.2 Å². The van der Waals surface area contributed by atoms with Gasteiger partial charge in [0.2, 0.25) is 0 Å². The van der Waals surface area contributed by atoms with Gasteiger partial charge in [-0.15, -0.1) is 5.10 Å². The lowest BCUT2D eigenvalue weighted by Crippen LogP contribution is -2.12. The second kappa shape index (κ2) is 5.72. The smallest absolute Gasteiger partial charge is 0.255 e. The van der Waals surface area contributed by atoms with Crippen molar-refractivity contribution in [2.24, 2.45) is 0 Å². The molecule has 0 aliphatic carbocycles. The molecule has 3 aromatic rings. The van der Waals surface area contributed by atoms with Crippen LogP contribution >= 0.6 is 0 Å². The molecular formula is C15H12FN5O. The van der Waals surface area contributed by atoms with Gasteiger partial charge in [-0.3, -0.25) is 4.79 Å². The minimum Gasteiger partial charge on any atom is -0.322 e. The first kappa shape index (κ1) is 13.9. The third kappa shape index (κ3) is 2.83. The molecule has 1 heterocycles. The fraction of sp³-hybridized carbons (Fsp3) is 0.0667. The number of hydrogen-bond acceptors (Lipinski definition) is 4. The van der Waals surface area contributed by atoms with E-state index in [0.29, 0.717) is 5.69 Å². The summed E-state index contributed by atoms with van der Waals surface area (Å²) in [5, 5.41) is 13.7. The number of nitrogens with zero attached hydrogens (tertiary/aromatic N) is 4. The number of aromatic nitrogens is 4. The van der Waals surface area contributed by atoms with Gasteiger partial charge in [0.25, 0.3) is 5.91 Å². The normalized spacial score (nSPS) is 10.5. The van der Waals surface area contributed by atoms with E-state index in [4.69, 9.17) is 0 Å². The number of amides is 1. The van der Waals surface area contributed by atoms with Crippen molar-refractivity contribution >= 4 is 11.6 Å². The van der Waals surface area contributed by atoms with Crippen molar-refractivity contribution in [1.82, 2.24) is 20.2 Å². The molecule has 0 saturated heterocycles. The molecule has 1 amide bonds. The van der Waals surface area contributed by atoms with E-state index in [1.165, 1.54) is 29.2 Å². The summed E-state index contributed by atoms with van der Waals surface area (Å²) in [6, 6.07) is 10.9. The fourth-order valence-corrected chi connectivity index (χ4v) is 2.04. The minimum atomic E-state index is -0.453. The molecule has 0 bridgehead atoms. The Bertz CT molecular complexity index is 817. The van der Waals surface area contributed by atoms with Crippen molar-refractivity contribution in [1.29, 1.82) is 0 Å². The van der Waals surface area contributed by atoms with Crippen molar-refractivity contribution in [3.63, 3.8) is 0 Å². The quantitative estimate of drug-likeness (QED) is 0.805. The second-order valence-electron chi connectivity index (χ2n) is 4.72. The summed E-state index contributed by atoms with van der Waals surface area (Å²) < 4.78 is 14.7. The first-order chi connectivity index (χ1) is 10.6. The minimum absolute atomic E-state index is 0.254. The van der Waals surface area contributed by atoms with Crippen molar-refractivity contribution in [2.45, 2.75) is 6.92 Å². The number of carbonyl (C=O) groups excluding carboxylic acids is 1. The highest BCUT2D eigenvalue weighted by Gasteiger charge is 2.09. The van der Waals surface area contributed by atoms with Gasteiger partial charge in [0.15, 0.2) is 0 Å². The monoisotopic (exact) mass is 297 g/mol. The van der Waals surface area contributed by atoms with Crippen molar-refractivity contribution in [2.75, 3.05) is 5.32 Å². The van der Waals surface area contributed by atoms with E-state index >= 15 is 0 Å². The number of benzene rings is 2. The van der Waals surface area contributed by atoms with Crippen LogP contribution in [0.15, 0.2) is 48.8 Å². The zero-order chi connectivity index (χ0) is 15.5. The lowest BCUT2D eigenvalue weighted by molar-refractivity contribution is 0.102. The molecule has 0 unspecified atom stereocenters. The van der Waals surface area contributed by atoms with Gasteiger partial charge in [0.05, 0.1) is 5.69 Å². The lowest BCUT2D eigenvalue weighted by atomic mass is 10.1. The molecule has 22 heavy (non-hydrogen) atoms. The van der Waals surface area contributed by atoms with Gasteiger partial charge >= 0.3 is 0 Å². The Hall–Kier alpha value is -3.09. The van der Waals surface area contributed by atoms with E-state index in [1.807, 2.05) is 13.0 Å². The van der Waals surface area contributed by atoms with Gasteiger partial charge in [-0.1, -0.05) is 12.1 Å². The molecule has 110 valence electrons. The topological polar surface area (TPSA) is 72.7 Å². The van der Waals surface area contributed by atoms with E-state index in [9.17, 15) is 9.18 Å². The molecule has 0 aliphatic rings. The average Bonchev–Trinajstić information content (AvgIpc) is 3.03. The van der Waals surface area contributed by atoms with Crippen LogP contribution in [0, 0.1) is 12.7 Å². The van der Waals surface area contributed by atoms with Gasteiger partial charge in [0, 0.05) is 11.3 Å². The summed E-state index contributed by atoms with van der Waals surface area (Å²) in [6.45, 7) is 1.91. The molecule has 1 N–H and O–H groups in total. The standard InChI is InChI=1S/C15H12FN5O/c1-10-5-6-13(8-14(10)21-9-17-19-20-21)18-15(22)11-3-2-4-12(16)7-11/h2-9H,1H3,(H,18,22). The second-order valence-corrected chi connectivity index (χ2v) is 4.72. The Morgan fingerprint density at radius 1 is 1.23 bits per heavy atom. The average molecular weight is 297 g/mol. The molecule has 0 radical (unpaired) electrons. The molecule has 3 rings (SSSR count). The summed E-state index contributed by atoms with van der Waals surface area (Å²) in [5.41, 5.74) is 2.54. The molecule has 0 atom stereocenters. The van der Waals surface area contributed by atoms with Gasteiger partial charge in [0.1, 0.15) is 12.1 Å². The summed E-state index contributed by atoms with van der Waals surface area (Å²) in [7, 11) is 0. The number of aryl methyl sites for hydroxylation is 1. The van der Waals surface area contributed by atoms with E-state index in [-0.39, 0.29) is 11.5 Å². The van der Waals surface area contributed by atoms with Crippen molar-refractivity contribution in [3.05, 3.63) is 65.7 Å². The molecule has 0 saturated carbocycles. The zero-order valence-corrected chi connectivity index (χ0v) is 11.7. The van der Waals surface area contributed by atoms with Crippen LogP contribution < -0.4 is 5.32 Å². The number of halogens is 1. The third-order valence-electron chi connectivity index (χ3n) is 3.15. The maximum Gasteiger partial charge on any atom is 0.255 e. The number of rotatable bonds is 3. The fourth-order valence-electron chi connectivity index (χ4n) is 2.04. The Morgan fingerprint density at radius 3 is 2.82 bits per heavy atom. The summed E-state index contributed by atoms with van der Waals surface area (Å²) in [4.78, 5) is 12.1. The molecule has 2 aromatic carbocycles. The maximum absolute atomic E-state index is 13.2. The van der Waals surface area contributed by atoms with Crippen LogP contribution in [0.1, 0.15) is 15.9 Å². The number of carbonyl (C=O) groups is 1. The van der Waals surface area contributed by atoms with Gasteiger partial charge in [-0.2, -0.15) is 0 Å². The lowest BCUT2D eigenvalue weighted by Gasteiger charge is -2.09. The first-order valence-corrected chi connectivity index (χ1v) is 6.54. The van der Waals surface area contributed by atoms with Crippen LogP contribution in [0.2, 0.25) is 0 Å². The Morgan fingerprint density at radius 2 is 2.09 bits per heavy atom. The predicted octanol–water partition coefficient (Wildman–Crippen LogP) is 2.36. The van der Waals surface area contributed by atoms with Crippen molar-refractivity contribution < 1.29 is 9.18 Å². The van der Waals surface area contributed by atoms with Gasteiger partial charge in [-0.25, -0.2) is 9.07 Å². The van der Waals surface area contributed by atoms with Crippen molar-refractivity contribution in [3.8, 4) is 5.69 Å². The molecule has 7 heteroatoms. The van der Waals surface area contributed by atoms with Crippen LogP contribution in [0.5, 0.6) is 0 Å². The molecule has 6 nitrogen and oxygen atoms in total. The van der Waals surface area contributed by atoms with E-state index < -0.39 is 5.82 Å². The SMILES string of the molecule is Cc1ccc(NC(=O)c2cccc(F)c2)cc1-n1cnnn1. The number of hydrogen-bond donors (Lipinski definition) is 1. The van der Waals surface area contributed by atoms with Crippen LogP contribution in [-0.2, 0) is 0 Å². The first-order valence-electron chi connectivity index (χ1n) is 6.54. The highest BCUT2D eigenvalue weighted by atomic mass is 19.1. The third-order valence-corrected chi connectivity index (χ3v) is 3.15. The number of tetrazole rings is 1.